The second-order valence-electron chi connectivity index (χ2n) is 7.54. The van der Waals surface area contributed by atoms with E-state index >= 15 is 0 Å². The number of likely N-dealkylation sites (tertiary alicyclic amines) is 1. The number of aryl methyl sites for hydroxylation is 1. The summed E-state index contributed by atoms with van der Waals surface area (Å²) < 4.78 is 13.0. The van der Waals surface area contributed by atoms with Crippen LogP contribution in [-0.2, 0) is 0 Å². The van der Waals surface area contributed by atoms with E-state index < -0.39 is 0 Å². The molecule has 2 amide bonds. The molecule has 0 saturated carbocycles. The summed E-state index contributed by atoms with van der Waals surface area (Å²) >= 11 is 0. The summed E-state index contributed by atoms with van der Waals surface area (Å²) in [5, 5.41) is 2.72. The number of piperidine rings is 1. The molecule has 0 aliphatic carbocycles. The number of aromatic nitrogens is 3. The first-order valence-electron chi connectivity index (χ1n) is 10.1. The minimum absolute atomic E-state index is 0.0712. The van der Waals surface area contributed by atoms with Crippen molar-refractivity contribution in [2.24, 2.45) is 0 Å². The predicted octanol–water partition coefficient (Wildman–Crippen LogP) is 3.59. The molecule has 1 atom stereocenters. The first-order valence-corrected chi connectivity index (χ1v) is 10.1. The van der Waals surface area contributed by atoms with Gasteiger partial charge in [-0.15, -0.1) is 0 Å². The second kappa shape index (κ2) is 8.99. The Morgan fingerprint density at radius 1 is 1.10 bits per heavy atom. The van der Waals surface area contributed by atoms with E-state index in [0.717, 1.165) is 18.5 Å². The number of nitrogens with one attached hydrogen (secondary N) is 1. The van der Waals surface area contributed by atoms with Gasteiger partial charge in [-0.05, 0) is 56.2 Å². The quantitative estimate of drug-likeness (QED) is 0.698. The molecule has 1 aromatic carbocycles. The van der Waals surface area contributed by atoms with Gasteiger partial charge < -0.3 is 10.2 Å². The van der Waals surface area contributed by atoms with Crippen LogP contribution in [0, 0.1) is 12.7 Å². The van der Waals surface area contributed by atoms with Gasteiger partial charge >= 0.3 is 0 Å². The molecule has 1 saturated heterocycles. The Bertz CT molecular complexity index is 1090. The minimum atomic E-state index is -0.362. The van der Waals surface area contributed by atoms with Crippen LogP contribution < -0.4 is 5.32 Å². The number of rotatable bonds is 4. The third-order valence-corrected chi connectivity index (χ3v) is 5.42. The van der Waals surface area contributed by atoms with E-state index in [4.69, 9.17) is 0 Å². The third kappa shape index (κ3) is 4.74. The standard InChI is InChI=1S/C23H22FN5O2/c1-15-20(12-25-14-27-15)23(31)29-10-2-3-17(13-29)21-9-4-16(11-26-21)22(30)28-19-7-5-18(24)6-8-19/h4-9,11-12,14,17H,2-3,10,13H2,1H3,(H,28,30)/t17-/m1/s1. The second-order valence-corrected chi connectivity index (χ2v) is 7.54. The van der Waals surface area contributed by atoms with Gasteiger partial charge in [0.2, 0.25) is 0 Å². The van der Waals surface area contributed by atoms with Gasteiger partial charge in [-0.1, -0.05) is 0 Å². The monoisotopic (exact) mass is 419 g/mol. The molecule has 0 bridgehead atoms. The summed E-state index contributed by atoms with van der Waals surface area (Å²) in [6.45, 7) is 3.04. The topological polar surface area (TPSA) is 88.1 Å². The zero-order valence-electron chi connectivity index (χ0n) is 17.1. The van der Waals surface area contributed by atoms with E-state index in [1.165, 1.54) is 36.8 Å². The van der Waals surface area contributed by atoms with Crippen molar-refractivity contribution < 1.29 is 14.0 Å². The summed E-state index contributed by atoms with van der Waals surface area (Å²) in [6.07, 6.45) is 6.31. The fourth-order valence-corrected chi connectivity index (χ4v) is 3.69. The molecular formula is C23H22FN5O2. The smallest absolute Gasteiger partial charge is 0.257 e. The average Bonchev–Trinajstić information content (AvgIpc) is 2.80. The number of carbonyl (C=O) groups is 2. The van der Waals surface area contributed by atoms with Gasteiger partial charge in [0.25, 0.3) is 11.8 Å². The molecule has 158 valence electrons. The van der Waals surface area contributed by atoms with Gasteiger partial charge in [0.05, 0.1) is 16.8 Å². The number of benzene rings is 1. The molecule has 3 aromatic rings. The fourth-order valence-electron chi connectivity index (χ4n) is 3.69. The SMILES string of the molecule is Cc1ncncc1C(=O)N1CCC[C@@H](c2ccc(C(=O)Nc3ccc(F)cc3)cn2)C1. The van der Waals surface area contributed by atoms with Gasteiger partial charge in [0, 0.05) is 42.8 Å². The lowest BCUT2D eigenvalue weighted by Crippen LogP contribution is -2.39. The summed E-state index contributed by atoms with van der Waals surface area (Å²) in [5.41, 5.74) is 2.95. The highest BCUT2D eigenvalue weighted by Gasteiger charge is 2.27. The number of anilines is 1. The third-order valence-electron chi connectivity index (χ3n) is 5.42. The van der Waals surface area contributed by atoms with Crippen molar-refractivity contribution in [2.75, 3.05) is 18.4 Å². The molecule has 1 aliphatic rings. The molecule has 31 heavy (non-hydrogen) atoms. The Morgan fingerprint density at radius 2 is 1.90 bits per heavy atom. The summed E-state index contributed by atoms with van der Waals surface area (Å²) in [5.74, 6) is -0.653. The van der Waals surface area contributed by atoms with E-state index in [1.54, 1.807) is 19.2 Å². The Kier molecular flexibility index (Phi) is 5.97. The minimum Gasteiger partial charge on any atom is -0.338 e. The van der Waals surface area contributed by atoms with Crippen LogP contribution in [0.25, 0.3) is 0 Å². The molecule has 1 N–H and O–H groups in total. The van der Waals surface area contributed by atoms with Crippen LogP contribution in [0.3, 0.4) is 0 Å². The number of pyridine rings is 1. The van der Waals surface area contributed by atoms with Gasteiger partial charge in [-0.25, -0.2) is 14.4 Å². The lowest BCUT2D eigenvalue weighted by atomic mass is 9.93. The Balaban J connectivity index is 1.42. The van der Waals surface area contributed by atoms with E-state index in [0.29, 0.717) is 35.6 Å². The highest BCUT2D eigenvalue weighted by atomic mass is 19.1. The molecule has 4 rings (SSSR count). The van der Waals surface area contributed by atoms with Gasteiger partial charge in [-0.3, -0.25) is 14.6 Å². The maximum Gasteiger partial charge on any atom is 0.257 e. The Morgan fingerprint density at radius 3 is 2.61 bits per heavy atom. The largest absolute Gasteiger partial charge is 0.338 e. The number of hydrogen-bond acceptors (Lipinski definition) is 5. The van der Waals surface area contributed by atoms with Crippen molar-refractivity contribution in [1.29, 1.82) is 0 Å². The van der Waals surface area contributed by atoms with Crippen LogP contribution in [0.5, 0.6) is 0 Å². The summed E-state index contributed by atoms with van der Waals surface area (Å²) in [6, 6.07) is 9.13. The van der Waals surface area contributed by atoms with Crippen LogP contribution in [-0.4, -0.2) is 44.8 Å². The molecular weight excluding hydrogens is 397 g/mol. The molecule has 8 heteroatoms. The van der Waals surface area contributed by atoms with Crippen molar-refractivity contribution in [2.45, 2.75) is 25.7 Å². The number of amides is 2. The highest BCUT2D eigenvalue weighted by Crippen LogP contribution is 2.27. The summed E-state index contributed by atoms with van der Waals surface area (Å²) in [4.78, 5) is 39.7. The Hall–Kier alpha value is -3.68. The van der Waals surface area contributed by atoms with E-state index in [1.807, 2.05) is 11.0 Å². The van der Waals surface area contributed by atoms with Crippen molar-refractivity contribution >= 4 is 17.5 Å². The number of halogens is 1. The lowest BCUT2D eigenvalue weighted by molar-refractivity contribution is 0.0704. The van der Waals surface area contributed by atoms with Crippen LogP contribution >= 0.6 is 0 Å². The normalized spacial score (nSPS) is 16.1. The number of hydrogen-bond donors (Lipinski definition) is 1. The zero-order valence-corrected chi connectivity index (χ0v) is 17.1. The van der Waals surface area contributed by atoms with Crippen molar-refractivity contribution in [3.8, 4) is 0 Å². The maximum absolute atomic E-state index is 13.0. The molecule has 2 aromatic heterocycles. The molecule has 1 aliphatic heterocycles. The lowest BCUT2D eigenvalue weighted by Gasteiger charge is -2.32. The van der Waals surface area contributed by atoms with Crippen molar-refractivity contribution in [3.63, 3.8) is 0 Å². The molecule has 0 radical (unpaired) electrons. The molecule has 0 unspecified atom stereocenters. The van der Waals surface area contributed by atoms with Crippen molar-refractivity contribution in [1.82, 2.24) is 19.9 Å². The molecule has 0 spiro atoms. The molecule has 3 heterocycles. The fraction of sp³-hybridized carbons (Fsp3) is 0.261. The first kappa shape index (κ1) is 20.6. The van der Waals surface area contributed by atoms with Crippen LogP contribution in [0.1, 0.15) is 50.9 Å². The van der Waals surface area contributed by atoms with Crippen molar-refractivity contribution in [3.05, 3.63) is 83.5 Å². The average molecular weight is 419 g/mol. The van der Waals surface area contributed by atoms with Gasteiger partial charge in [0.1, 0.15) is 12.1 Å². The molecule has 7 nitrogen and oxygen atoms in total. The first-order chi connectivity index (χ1) is 15.0. The van der Waals surface area contributed by atoms with Gasteiger partial charge in [0.15, 0.2) is 0 Å². The number of carbonyl (C=O) groups excluding carboxylic acids is 2. The molecule has 1 fully saturated rings. The number of nitrogens with zero attached hydrogens (tertiary/aromatic N) is 4. The Labute approximate surface area is 179 Å². The zero-order chi connectivity index (χ0) is 21.8. The van der Waals surface area contributed by atoms with E-state index in [2.05, 4.69) is 20.3 Å². The van der Waals surface area contributed by atoms with Crippen LogP contribution in [0.4, 0.5) is 10.1 Å². The van der Waals surface area contributed by atoms with E-state index in [-0.39, 0.29) is 23.5 Å². The van der Waals surface area contributed by atoms with Gasteiger partial charge in [-0.2, -0.15) is 0 Å². The van der Waals surface area contributed by atoms with Crippen LogP contribution in [0.2, 0.25) is 0 Å². The summed E-state index contributed by atoms with van der Waals surface area (Å²) in [7, 11) is 0. The van der Waals surface area contributed by atoms with E-state index in [9.17, 15) is 14.0 Å². The van der Waals surface area contributed by atoms with Crippen LogP contribution in [0.15, 0.2) is 55.1 Å². The predicted molar refractivity (Wildman–Crippen MR) is 113 cm³/mol. The maximum atomic E-state index is 13.0. The highest BCUT2D eigenvalue weighted by molar-refractivity contribution is 6.04.